The van der Waals surface area contributed by atoms with Gasteiger partial charge in [-0.15, -0.1) is 0 Å². The molecule has 0 spiro atoms. The van der Waals surface area contributed by atoms with Gasteiger partial charge in [-0.25, -0.2) is 9.97 Å². The summed E-state index contributed by atoms with van der Waals surface area (Å²) in [5.74, 6) is 0.992. The quantitative estimate of drug-likeness (QED) is 0.716. The van der Waals surface area contributed by atoms with Crippen molar-refractivity contribution in [3.63, 3.8) is 0 Å². The molecule has 2 aliphatic heterocycles. The molecule has 3 atom stereocenters. The van der Waals surface area contributed by atoms with Crippen molar-refractivity contribution in [2.45, 2.75) is 63.5 Å². The van der Waals surface area contributed by atoms with Crippen LogP contribution in [0.5, 0.6) is 0 Å². The Hall–Kier alpha value is -2.51. The Labute approximate surface area is 205 Å². The monoisotopic (exact) mass is 481 g/mol. The zero-order valence-electron chi connectivity index (χ0n) is 20.1. The number of aromatic nitrogens is 2. The van der Waals surface area contributed by atoms with Gasteiger partial charge in [-0.2, -0.15) is 0 Å². The number of halogens is 1. The number of amides is 1. The Kier molecular flexibility index (Phi) is 6.10. The van der Waals surface area contributed by atoms with E-state index in [-0.39, 0.29) is 35.1 Å². The van der Waals surface area contributed by atoms with Gasteiger partial charge in [-0.05, 0) is 50.3 Å². The van der Waals surface area contributed by atoms with Gasteiger partial charge in [0.15, 0.2) is 5.78 Å². The number of fused-ring (bicyclic) bond motifs is 1. The van der Waals surface area contributed by atoms with Crippen molar-refractivity contribution in [2.24, 2.45) is 0 Å². The van der Waals surface area contributed by atoms with Crippen molar-refractivity contribution in [3.05, 3.63) is 52.4 Å². The topological polar surface area (TPSA) is 78.4 Å². The Bertz CT molecular complexity index is 1090. The average molecular weight is 482 g/mol. The summed E-state index contributed by atoms with van der Waals surface area (Å²) >= 11 is 6.14. The second-order valence-corrected chi connectivity index (χ2v) is 10.9. The van der Waals surface area contributed by atoms with Gasteiger partial charge < -0.3 is 15.1 Å². The van der Waals surface area contributed by atoms with Crippen LogP contribution < -0.4 is 10.2 Å². The number of Topliss-reactive ketones (excluding diaryl/α,β-unsaturated/α-hetero) is 1. The summed E-state index contributed by atoms with van der Waals surface area (Å²) in [7, 11) is 0. The smallest absolute Gasteiger partial charge is 0.231 e. The summed E-state index contributed by atoms with van der Waals surface area (Å²) in [5, 5.41) is 4.37. The molecular weight excluding hydrogens is 450 g/mol. The maximum atomic E-state index is 13.9. The number of benzene rings is 1. The van der Waals surface area contributed by atoms with Crippen LogP contribution in [0.2, 0.25) is 5.02 Å². The van der Waals surface area contributed by atoms with Crippen molar-refractivity contribution >= 4 is 29.1 Å². The fourth-order valence-electron chi connectivity index (χ4n) is 5.76. The maximum absolute atomic E-state index is 13.9. The molecule has 3 unspecified atom stereocenters. The van der Waals surface area contributed by atoms with Crippen molar-refractivity contribution in [1.82, 2.24) is 20.2 Å². The third kappa shape index (κ3) is 4.31. The lowest BCUT2D eigenvalue weighted by Gasteiger charge is -2.39. The molecule has 2 saturated heterocycles. The second kappa shape index (κ2) is 8.93. The van der Waals surface area contributed by atoms with Gasteiger partial charge in [0.05, 0.1) is 5.92 Å². The first kappa shape index (κ1) is 23.2. The van der Waals surface area contributed by atoms with Gasteiger partial charge in [-0.1, -0.05) is 30.7 Å². The predicted octanol–water partition coefficient (Wildman–Crippen LogP) is 3.78. The van der Waals surface area contributed by atoms with Gasteiger partial charge in [0, 0.05) is 54.8 Å². The van der Waals surface area contributed by atoms with Gasteiger partial charge in [0.2, 0.25) is 5.91 Å². The zero-order chi connectivity index (χ0) is 24.0. The van der Waals surface area contributed by atoms with Crippen LogP contribution in [0.3, 0.4) is 0 Å². The SMILES string of the molecule is CC1CC(=O)c2ncnc(N3CCN(C(=O)C(c4ccc(Cl)cc4)C4CCC(C)(C)N4)CC3)c21. The summed E-state index contributed by atoms with van der Waals surface area (Å²) in [6.45, 7) is 9.08. The van der Waals surface area contributed by atoms with Crippen LogP contribution in [-0.2, 0) is 4.79 Å². The fraction of sp³-hybridized carbons (Fsp3) is 0.538. The van der Waals surface area contributed by atoms with E-state index in [4.69, 9.17) is 11.6 Å². The first-order chi connectivity index (χ1) is 16.2. The molecule has 1 aliphatic carbocycles. The largest absolute Gasteiger partial charge is 0.353 e. The minimum Gasteiger partial charge on any atom is -0.353 e. The normalized spacial score (nSPS) is 24.9. The minimum absolute atomic E-state index is 0.0237. The van der Waals surface area contributed by atoms with Gasteiger partial charge in [-0.3, -0.25) is 9.59 Å². The summed E-state index contributed by atoms with van der Waals surface area (Å²) < 4.78 is 0. The summed E-state index contributed by atoms with van der Waals surface area (Å²) in [4.78, 5) is 39.1. The van der Waals surface area contributed by atoms with E-state index < -0.39 is 0 Å². The standard InChI is InChI=1S/C26H32ClN5O2/c1-16-14-20(33)23-21(16)24(29-15-28-23)31-10-12-32(13-11-31)25(34)22(17-4-6-18(27)7-5-17)19-8-9-26(2,3)30-19/h4-7,15-16,19,22,30H,8-14H2,1-3H3. The number of rotatable bonds is 4. The molecule has 0 bridgehead atoms. The first-order valence-corrected chi connectivity index (χ1v) is 12.6. The molecule has 5 rings (SSSR count). The number of nitrogens with one attached hydrogen (secondary N) is 1. The Morgan fingerprint density at radius 2 is 1.85 bits per heavy atom. The molecule has 1 amide bonds. The van der Waals surface area contributed by atoms with Crippen LogP contribution in [0.25, 0.3) is 0 Å². The zero-order valence-corrected chi connectivity index (χ0v) is 20.8. The average Bonchev–Trinajstić information content (AvgIpc) is 3.33. The molecular formula is C26H32ClN5O2. The third-order valence-electron chi connectivity index (χ3n) is 7.56. The van der Waals surface area contributed by atoms with E-state index >= 15 is 0 Å². The molecule has 8 heteroatoms. The molecule has 180 valence electrons. The summed E-state index contributed by atoms with van der Waals surface area (Å²) in [6, 6.07) is 7.80. The van der Waals surface area contributed by atoms with Crippen molar-refractivity contribution in [3.8, 4) is 0 Å². The molecule has 1 aromatic heterocycles. The number of anilines is 1. The predicted molar refractivity (Wildman–Crippen MR) is 133 cm³/mol. The van der Waals surface area contributed by atoms with E-state index in [9.17, 15) is 9.59 Å². The van der Waals surface area contributed by atoms with E-state index in [1.165, 1.54) is 6.33 Å². The number of hydrogen-bond acceptors (Lipinski definition) is 6. The minimum atomic E-state index is -0.244. The molecule has 2 fully saturated rings. The molecule has 0 radical (unpaired) electrons. The fourth-order valence-corrected chi connectivity index (χ4v) is 5.88. The Morgan fingerprint density at radius 1 is 1.15 bits per heavy atom. The lowest BCUT2D eigenvalue weighted by atomic mass is 9.88. The number of piperazine rings is 1. The van der Waals surface area contributed by atoms with Crippen molar-refractivity contribution < 1.29 is 9.59 Å². The second-order valence-electron chi connectivity index (χ2n) is 10.5. The summed E-state index contributed by atoms with van der Waals surface area (Å²) in [5.41, 5.74) is 2.56. The van der Waals surface area contributed by atoms with Crippen LogP contribution in [0, 0.1) is 0 Å². The Morgan fingerprint density at radius 3 is 2.50 bits per heavy atom. The summed E-state index contributed by atoms with van der Waals surface area (Å²) in [6.07, 6.45) is 3.99. The number of carbonyl (C=O) groups is 2. The van der Waals surface area contributed by atoms with Gasteiger partial charge >= 0.3 is 0 Å². The number of ketones is 1. The molecule has 3 aliphatic rings. The third-order valence-corrected chi connectivity index (χ3v) is 7.81. The highest BCUT2D eigenvalue weighted by atomic mass is 35.5. The molecule has 1 N–H and O–H groups in total. The van der Waals surface area contributed by atoms with E-state index in [2.05, 4.69) is 41.0 Å². The highest BCUT2D eigenvalue weighted by Gasteiger charge is 2.41. The van der Waals surface area contributed by atoms with E-state index in [1.54, 1.807) is 0 Å². The van der Waals surface area contributed by atoms with Crippen molar-refractivity contribution in [1.29, 1.82) is 0 Å². The highest BCUT2D eigenvalue weighted by Crippen LogP contribution is 2.38. The molecule has 7 nitrogen and oxygen atoms in total. The van der Waals surface area contributed by atoms with Crippen LogP contribution in [0.15, 0.2) is 30.6 Å². The van der Waals surface area contributed by atoms with Crippen LogP contribution in [0.1, 0.15) is 73.5 Å². The molecule has 34 heavy (non-hydrogen) atoms. The highest BCUT2D eigenvalue weighted by molar-refractivity contribution is 6.30. The first-order valence-electron chi connectivity index (χ1n) is 12.2. The van der Waals surface area contributed by atoms with Crippen LogP contribution in [0.4, 0.5) is 5.82 Å². The number of nitrogens with zero attached hydrogens (tertiary/aromatic N) is 4. The van der Waals surface area contributed by atoms with Crippen LogP contribution >= 0.6 is 11.6 Å². The van der Waals surface area contributed by atoms with E-state index in [1.807, 2.05) is 29.2 Å². The molecule has 2 aromatic rings. The van der Waals surface area contributed by atoms with E-state index in [0.29, 0.717) is 43.3 Å². The molecule has 0 saturated carbocycles. The lowest BCUT2D eigenvalue weighted by Crippen LogP contribution is -2.53. The molecule has 3 heterocycles. The van der Waals surface area contributed by atoms with E-state index in [0.717, 1.165) is 29.8 Å². The van der Waals surface area contributed by atoms with Crippen LogP contribution in [-0.4, -0.2) is 64.3 Å². The van der Waals surface area contributed by atoms with Gasteiger partial charge in [0.25, 0.3) is 0 Å². The van der Waals surface area contributed by atoms with Gasteiger partial charge in [0.1, 0.15) is 17.8 Å². The molecule has 1 aromatic carbocycles. The number of hydrogen-bond donors (Lipinski definition) is 1. The Balaban J connectivity index is 1.34. The lowest BCUT2D eigenvalue weighted by molar-refractivity contribution is -0.133. The maximum Gasteiger partial charge on any atom is 0.231 e. The van der Waals surface area contributed by atoms with Crippen molar-refractivity contribution in [2.75, 3.05) is 31.1 Å². The number of carbonyl (C=O) groups excluding carboxylic acids is 2.